The fourth-order valence-corrected chi connectivity index (χ4v) is 3.46. The van der Waals surface area contributed by atoms with Crippen LogP contribution in [0.1, 0.15) is 12.8 Å². The van der Waals surface area contributed by atoms with Gasteiger partial charge in [-0.2, -0.15) is 0 Å². The zero-order valence-electron chi connectivity index (χ0n) is 9.63. The molecule has 2 rings (SSSR count). The molecule has 4 nitrogen and oxygen atoms in total. The summed E-state index contributed by atoms with van der Waals surface area (Å²) in [5.41, 5.74) is 0.939. The first-order valence-electron chi connectivity index (χ1n) is 5.52. The molecule has 2 heterocycles. The molecular formula is C11H15ClN2O2S. The van der Waals surface area contributed by atoms with Gasteiger partial charge in [0, 0.05) is 31.7 Å². The predicted molar refractivity (Wildman–Crippen MR) is 69.3 cm³/mol. The molecule has 0 amide bonds. The van der Waals surface area contributed by atoms with Gasteiger partial charge in [-0.1, -0.05) is 11.6 Å². The topological polar surface area (TPSA) is 50.3 Å². The van der Waals surface area contributed by atoms with Crippen LogP contribution in [0.5, 0.6) is 0 Å². The van der Waals surface area contributed by atoms with E-state index in [1.807, 2.05) is 6.07 Å². The Kier molecular flexibility index (Phi) is 3.58. The maximum atomic E-state index is 11.4. The Morgan fingerprint density at radius 1 is 1.41 bits per heavy atom. The Balaban J connectivity index is 2.08. The van der Waals surface area contributed by atoms with E-state index in [-0.39, 0.29) is 5.25 Å². The average molecular weight is 275 g/mol. The van der Waals surface area contributed by atoms with Gasteiger partial charge in [0.15, 0.2) is 0 Å². The summed E-state index contributed by atoms with van der Waals surface area (Å²) in [5, 5.41) is 0.407. The molecule has 1 aliphatic heterocycles. The minimum atomic E-state index is -2.91. The van der Waals surface area contributed by atoms with E-state index >= 15 is 0 Å². The van der Waals surface area contributed by atoms with E-state index in [9.17, 15) is 8.42 Å². The average Bonchev–Trinajstić information content (AvgIpc) is 2.29. The summed E-state index contributed by atoms with van der Waals surface area (Å²) >= 11 is 6.06. The van der Waals surface area contributed by atoms with Gasteiger partial charge in [-0.05, 0) is 18.9 Å². The molecule has 94 valence electrons. The summed E-state index contributed by atoms with van der Waals surface area (Å²) in [6.07, 6.45) is 5.95. The SMILES string of the molecule is CS(=O)(=O)C1CCN(c2ccncc2Cl)CC1. The van der Waals surface area contributed by atoms with Crippen molar-refractivity contribution in [3.8, 4) is 0 Å². The highest BCUT2D eigenvalue weighted by Gasteiger charge is 2.27. The third kappa shape index (κ3) is 2.90. The van der Waals surface area contributed by atoms with E-state index in [0.29, 0.717) is 17.9 Å². The second kappa shape index (κ2) is 4.82. The molecule has 0 bridgehead atoms. The molecule has 0 N–H and O–H groups in total. The van der Waals surface area contributed by atoms with Crippen LogP contribution in [-0.2, 0) is 9.84 Å². The lowest BCUT2D eigenvalue weighted by Crippen LogP contribution is -2.39. The highest BCUT2D eigenvalue weighted by molar-refractivity contribution is 7.91. The van der Waals surface area contributed by atoms with Gasteiger partial charge < -0.3 is 4.90 Å². The van der Waals surface area contributed by atoms with Gasteiger partial charge in [-0.25, -0.2) is 8.42 Å². The van der Waals surface area contributed by atoms with E-state index < -0.39 is 9.84 Å². The standard InChI is InChI=1S/C11H15ClN2O2S/c1-17(15,16)9-3-6-14(7-4-9)11-2-5-13-8-10(11)12/h2,5,8-9H,3-4,6-7H2,1H3. The second-order valence-electron chi connectivity index (χ2n) is 4.34. The Labute approximate surface area is 107 Å². The van der Waals surface area contributed by atoms with Crippen molar-refractivity contribution in [2.45, 2.75) is 18.1 Å². The van der Waals surface area contributed by atoms with Crippen LogP contribution in [0.4, 0.5) is 5.69 Å². The molecule has 0 radical (unpaired) electrons. The number of anilines is 1. The van der Waals surface area contributed by atoms with Gasteiger partial charge in [-0.15, -0.1) is 0 Å². The summed E-state index contributed by atoms with van der Waals surface area (Å²) in [7, 11) is -2.91. The number of halogens is 1. The number of piperidine rings is 1. The van der Waals surface area contributed by atoms with Crippen LogP contribution < -0.4 is 4.90 Å². The highest BCUT2D eigenvalue weighted by atomic mass is 35.5. The maximum absolute atomic E-state index is 11.4. The molecule has 0 atom stereocenters. The molecule has 0 saturated carbocycles. The first-order valence-corrected chi connectivity index (χ1v) is 7.85. The number of nitrogens with zero attached hydrogens (tertiary/aromatic N) is 2. The second-order valence-corrected chi connectivity index (χ2v) is 7.08. The molecule has 0 aromatic carbocycles. The largest absolute Gasteiger partial charge is 0.370 e. The van der Waals surface area contributed by atoms with Crippen molar-refractivity contribution in [2.24, 2.45) is 0 Å². The number of hydrogen-bond donors (Lipinski definition) is 0. The zero-order valence-corrected chi connectivity index (χ0v) is 11.2. The van der Waals surface area contributed by atoms with Crippen molar-refractivity contribution in [3.63, 3.8) is 0 Å². The van der Waals surface area contributed by atoms with Crippen molar-refractivity contribution in [1.82, 2.24) is 4.98 Å². The highest BCUT2D eigenvalue weighted by Crippen LogP contribution is 2.28. The van der Waals surface area contributed by atoms with Crippen LogP contribution in [0.3, 0.4) is 0 Å². The fourth-order valence-electron chi connectivity index (χ4n) is 2.15. The first-order chi connectivity index (χ1) is 7.98. The van der Waals surface area contributed by atoms with Crippen LogP contribution in [-0.4, -0.2) is 38.0 Å². The molecule has 0 spiro atoms. The molecule has 1 aliphatic rings. The quantitative estimate of drug-likeness (QED) is 0.824. The van der Waals surface area contributed by atoms with E-state index in [2.05, 4.69) is 9.88 Å². The number of pyridine rings is 1. The minimum absolute atomic E-state index is 0.209. The lowest BCUT2D eigenvalue weighted by molar-refractivity contribution is 0.534. The lowest BCUT2D eigenvalue weighted by Gasteiger charge is -2.33. The Bertz CT molecular complexity index is 496. The fraction of sp³-hybridized carbons (Fsp3) is 0.545. The maximum Gasteiger partial charge on any atom is 0.150 e. The molecular weight excluding hydrogens is 260 g/mol. The van der Waals surface area contributed by atoms with Gasteiger partial charge in [0.25, 0.3) is 0 Å². The normalized spacial score (nSPS) is 18.4. The molecule has 0 unspecified atom stereocenters. The smallest absolute Gasteiger partial charge is 0.150 e. The molecule has 1 aromatic heterocycles. The zero-order chi connectivity index (χ0) is 12.5. The van der Waals surface area contributed by atoms with Crippen molar-refractivity contribution < 1.29 is 8.42 Å². The Morgan fingerprint density at radius 3 is 2.59 bits per heavy atom. The minimum Gasteiger partial charge on any atom is -0.370 e. The third-order valence-corrected chi connectivity index (χ3v) is 5.11. The van der Waals surface area contributed by atoms with Gasteiger partial charge in [-0.3, -0.25) is 4.98 Å². The summed E-state index contributed by atoms with van der Waals surface area (Å²) in [6, 6.07) is 1.86. The number of rotatable bonds is 2. The predicted octanol–water partition coefficient (Wildman–Crippen LogP) is 1.75. The molecule has 6 heteroatoms. The van der Waals surface area contributed by atoms with Crippen LogP contribution in [0.15, 0.2) is 18.5 Å². The first kappa shape index (κ1) is 12.6. The van der Waals surface area contributed by atoms with Crippen LogP contribution in [0.25, 0.3) is 0 Å². The van der Waals surface area contributed by atoms with Gasteiger partial charge >= 0.3 is 0 Å². The monoisotopic (exact) mass is 274 g/mol. The summed E-state index contributed by atoms with van der Waals surface area (Å²) < 4.78 is 22.9. The van der Waals surface area contributed by atoms with Crippen molar-refractivity contribution in [3.05, 3.63) is 23.5 Å². The van der Waals surface area contributed by atoms with Gasteiger partial charge in [0.1, 0.15) is 9.84 Å². The molecule has 17 heavy (non-hydrogen) atoms. The summed E-state index contributed by atoms with van der Waals surface area (Å²) in [6.45, 7) is 1.45. The van der Waals surface area contributed by atoms with E-state index in [1.165, 1.54) is 6.26 Å². The molecule has 1 aromatic rings. The van der Waals surface area contributed by atoms with E-state index in [1.54, 1.807) is 12.4 Å². The molecule has 1 fully saturated rings. The van der Waals surface area contributed by atoms with Crippen molar-refractivity contribution in [2.75, 3.05) is 24.2 Å². The third-order valence-electron chi connectivity index (χ3n) is 3.14. The van der Waals surface area contributed by atoms with Crippen molar-refractivity contribution in [1.29, 1.82) is 0 Å². The summed E-state index contributed by atoms with van der Waals surface area (Å²) in [5.74, 6) is 0. The van der Waals surface area contributed by atoms with E-state index in [4.69, 9.17) is 11.6 Å². The lowest BCUT2D eigenvalue weighted by atomic mass is 10.1. The Morgan fingerprint density at radius 2 is 2.06 bits per heavy atom. The van der Waals surface area contributed by atoms with E-state index in [0.717, 1.165) is 18.8 Å². The molecule has 1 saturated heterocycles. The number of hydrogen-bond acceptors (Lipinski definition) is 4. The van der Waals surface area contributed by atoms with Gasteiger partial charge in [0.05, 0.1) is 16.0 Å². The van der Waals surface area contributed by atoms with Crippen LogP contribution in [0.2, 0.25) is 5.02 Å². The molecule has 0 aliphatic carbocycles. The number of sulfone groups is 1. The van der Waals surface area contributed by atoms with Crippen LogP contribution in [0, 0.1) is 0 Å². The van der Waals surface area contributed by atoms with Gasteiger partial charge in [0.2, 0.25) is 0 Å². The number of aromatic nitrogens is 1. The summed E-state index contributed by atoms with van der Waals surface area (Å²) in [4.78, 5) is 6.06. The van der Waals surface area contributed by atoms with Crippen molar-refractivity contribution >= 4 is 27.1 Å². The van der Waals surface area contributed by atoms with Crippen LogP contribution >= 0.6 is 11.6 Å². The Hall–Kier alpha value is -0.810.